The van der Waals surface area contributed by atoms with Gasteiger partial charge in [-0.25, -0.2) is 0 Å². The van der Waals surface area contributed by atoms with Gasteiger partial charge in [-0.2, -0.15) is 0 Å². The van der Waals surface area contributed by atoms with Crippen molar-refractivity contribution in [1.29, 1.82) is 0 Å². The average molecular weight is 381 g/mol. The van der Waals surface area contributed by atoms with E-state index in [9.17, 15) is 19.7 Å². The Hall–Kier alpha value is -2.58. The lowest BCUT2D eigenvalue weighted by atomic mass is 10.3. The molecule has 2 aromatic carbocycles. The van der Waals surface area contributed by atoms with Crippen molar-refractivity contribution in [3.8, 4) is 0 Å². The number of anilines is 1. The summed E-state index contributed by atoms with van der Waals surface area (Å²) in [4.78, 5) is 34.3. The lowest BCUT2D eigenvalue weighted by Gasteiger charge is -2.06. The molecule has 0 aromatic heterocycles. The number of thioether (sulfide) groups is 1. The van der Waals surface area contributed by atoms with E-state index >= 15 is 0 Å². The summed E-state index contributed by atoms with van der Waals surface area (Å²) >= 11 is 7.03. The Morgan fingerprint density at radius 2 is 1.92 bits per heavy atom. The SMILES string of the molecule is O=C(COC(=O)CSc1ccc(Cl)cc1)Nc1cccc([N+](=O)[O-])c1. The Labute approximate surface area is 152 Å². The maximum Gasteiger partial charge on any atom is 0.316 e. The van der Waals surface area contributed by atoms with Crippen molar-refractivity contribution in [1.82, 2.24) is 0 Å². The van der Waals surface area contributed by atoms with Crippen LogP contribution in [-0.4, -0.2) is 29.2 Å². The largest absolute Gasteiger partial charge is 0.455 e. The predicted octanol–water partition coefficient (Wildman–Crippen LogP) is 3.52. The van der Waals surface area contributed by atoms with Crippen molar-refractivity contribution in [2.24, 2.45) is 0 Å². The van der Waals surface area contributed by atoms with Gasteiger partial charge in [0, 0.05) is 27.7 Å². The second kappa shape index (κ2) is 9.05. The summed E-state index contributed by atoms with van der Waals surface area (Å²) in [5.74, 6) is -1.08. The Kier molecular flexibility index (Phi) is 6.79. The van der Waals surface area contributed by atoms with Gasteiger partial charge in [-0.1, -0.05) is 17.7 Å². The number of esters is 1. The van der Waals surface area contributed by atoms with E-state index in [1.54, 1.807) is 24.3 Å². The molecule has 25 heavy (non-hydrogen) atoms. The van der Waals surface area contributed by atoms with Gasteiger partial charge in [-0.05, 0) is 30.3 Å². The topological polar surface area (TPSA) is 98.5 Å². The van der Waals surface area contributed by atoms with Gasteiger partial charge < -0.3 is 10.1 Å². The molecule has 9 heteroatoms. The van der Waals surface area contributed by atoms with Crippen LogP contribution >= 0.6 is 23.4 Å². The van der Waals surface area contributed by atoms with Crippen molar-refractivity contribution in [2.45, 2.75) is 4.90 Å². The normalized spacial score (nSPS) is 10.1. The van der Waals surface area contributed by atoms with Crippen molar-refractivity contribution >= 4 is 46.6 Å². The predicted molar refractivity (Wildman–Crippen MR) is 94.9 cm³/mol. The molecule has 0 saturated heterocycles. The first-order chi connectivity index (χ1) is 11.9. The monoisotopic (exact) mass is 380 g/mol. The summed E-state index contributed by atoms with van der Waals surface area (Å²) < 4.78 is 4.87. The number of halogens is 1. The molecule has 0 unspecified atom stereocenters. The smallest absolute Gasteiger partial charge is 0.316 e. The Morgan fingerprint density at radius 3 is 2.60 bits per heavy atom. The molecule has 1 amide bonds. The van der Waals surface area contributed by atoms with Crippen LogP contribution in [-0.2, 0) is 14.3 Å². The molecule has 7 nitrogen and oxygen atoms in total. The minimum atomic E-state index is -0.578. The van der Waals surface area contributed by atoms with E-state index in [1.165, 1.54) is 36.0 Å². The number of nitro benzene ring substituents is 1. The van der Waals surface area contributed by atoms with Crippen LogP contribution in [0.1, 0.15) is 0 Å². The van der Waals surface area contributed by atoms with Crippen molar-refractivity contribution in [3.63, 3.8) is 0 Å². The maximum atomic E-state index is 11.7. The van der Waals surface area contributed by atoms with Crippen molar-refractivity contribution in [2.75, 3.05) is 17.7 Å². The van der Waals surface area contributed by atoms with Gasteiger partial charge in [-0.15, -0.1) is 11.8 Å². The van der Waals surface area contributed by atoms with Gasteiger partial charge in [-0.3, -0.25) is 19.7 Å². The highest BCUT2D eigenvalue weighted by molar-refractivity contribution is 8.00. The number of nitrogens with one attached hydrogen (secondary N) is 1. The average Bonchev–Trinajstić information content (AvgIpc) is 2.59. The number of hydrogen-bond acceptors (Lipinski definition) is 6. The first-order valence-electron chi connectivity index (χ1n) is 7.02. The van der Waals surface area contributed by atoms with E-state index in [1.807, 2.05) is 0 Å². The molecule has 0 aliphatic carbocycles. The zero-order chi connectivity index (χ0) is 18.2. The number of rotatable bonds is 7. The highest BCUT2D eigenvalue weighted by atomic mass is 35.5. The third kappa shape index (κ3) is 6.44. The molecule has 2 rings (SSSR count). The summed E-state index contributed by atoms with van der Waals surface area (Å²) in [5.41, 5.74) is 0.111. The van der Waals surface area contributed by atoms with Crippen molar-refractivity contribution < 1.29 is 19.2 Å². The fraction of sp³-hybridized carbons (Fsp3) is 0.125. The summed E-state index contributed by atoms with van der Waals surface area (Å²) in [5, 5.41) is 13.7. The molecule has 2 aromatic rings. The first-order valence-corrected chi connectivity index (χ1v) is 8.38. The third-order valence-corrected chi connectivity index (χ3v) is 4.11. The lowest BCUT2D eigenvalue weighted by molar-refractivity contribution is -0.384. The van der Waals surface area contributed by atoms with Gasteiger partial charge in [0.05, 0.1) is 10.7 Å². The van der Waals surface area contributed by atoms with Gasteiger partial charge in [0.15, 0.2) is 6.61 Å². The molecule has 0 aliphatic rings. The Balaban J connectivity index is 1.75. The van der Waals surface area contributed by atoms with Gasteiger partial charge >= 0.3 is 5.97 Å². The summed E-state index contributed by atoms with van der Waals surface area (Å²) in [6, 6.07) is 12.4. The van der Waals surface area contributed by atoms with Crippen LogP contribution in [0.25, 0.3) is 0 Å². The molecule has 1 N–H and O–H groups in total. The number of nitro groups is 1. The standard InChI is InChI=1S/C16H13ClN2O5S/c17-11-4-6-14(7-5-11)25-10-16(21)24-9-15(20)18-12-2-1-3-13(8-12)19(22)23/h1-8H,9-10H2,(H,18,20). The quantitative estimate of drug-likeness (QED) is 0.341. The molecule has 0 spiro atoms. The number of nitrogens with zero attached hydrogens (tertiary/aromatic N) is 1. The number of amides is 1. The third-order valence-electron chi connectivity index (χ3n) is 2.88. The Bertz CT molecular complexity index is 782. The molecule has 0 heterocycles. The van der Waals surface area contributed by atoms with Crippen LogP contribution in [0.3, 0.4) is 0 Å². The molecule has 0 saturated carbocycles. The van der Waals surface area contributed by atoms with E-state index in [-0.39, 0.29) is 17.1 Å². The summed E-state index contributed by atoms with van der Waals surface area (Å²) in [7, 11) is 0. The van der Waals surface area contributed by atoms with Crippen LogP contribution < -0.4 is 5.32 Å². The Morgan fingerprint density at radius 1 is 1.20 bits per heavy atom. The number of hydrogen-bond donors (Lipinski definition) is 1. The minimum absolute atomic E-state index is 0.0473. The lowest BCUT2D eigenvalue weighted by Crippen LogP contribution is -2.21. The molecular formula is C16H13ClN2O5S. The maximum absolute atomic E-state index is 11.7. The molecule has 130 valence electrons. The number of carbonyl (C=O) groups excluding carboxylic acids is 2. The van der Waals surface area contributed by atoms with Gasteiger partial charge in [0.1, 0.15) is 0 Å². The van der Waals surface area contributed by atoms with Crippen LogP contribution in [0, 0.1) is 10.1 Å². The first kappa shape index (κ1) is 18.8. The van der Waals surface area contributed by atoms with E-state index in [0.29, 0.717) is 5.02 Å². The minimum Gasteiger partial charge on any atom is -0.455 e. The summed E-state index contributed by atoms with van der Waals surface area (Å²) in [6.07, 6.45) is 0. The second-order valence-electron chi connectivity index (χ2n) is 4.76. The van der Waals surface area contributed by atoms with Gasteiger partial charge in [0.25, 0.3) is 11.6 Å². The molecule has 0 radical (unpaired) electrons. The van der Waals surface area contributed by atoms with Crippen LogP contribution in [0.4, 0.5) is 11.4 Å². The van der Waals surface area contributed by atoms with E-state index in [0.717, 1.165) is 4.90 Å². The molecular weight excluding hydrogens is 368 g/mol. The van der Waals surface area contributed by atoms with Crippen LogP contribution in [0.5, 0.6) is 0 Å². The second-order valence-corrected chi connectivity index (χ2v) is 6.24. The highest BCUT2D eigenvalue weighted by Gasteiger charge is 2.11. The number of benzene rings is 2. The number of non-ortho nitro benzene ring substituents is 1. The van der Waals surface area contributed by atoms with E-state index in [2.05, 4.69) is 5.32 Å². The van der Waals surface area contributed by atoms with Gasteiger partial charge in [0.2, 0.25) is 0 Å². The number of ether oxygens (including phenoxy) is 1. The fourth-order valence-electron chi connectivity index (χ4n) is 1.76. The highest BCUT2D eigenvalue weighted by Crippen LogP contribution is 2.20. The molecule has 0 aliphatic heterocycles. The molecule has 0 atom stereocenters. The zero-order valence-electron chi connectivity index (χ0n) is 12.8. The number of carbonyl (C=O) groups is 2. The fourth-order valence-corrected chi connectivity index (χ4v) is 2.58. The van der Waals surface area contributed by atoms with Crippen molar-refractivity contribution in [3.05, 3.63) is 63.7 Å². The zero-order valence-corrected chi connectivity index (χ0v) is 14.4. The van der Waals surface area contributed by atoms with E-state index in [4.69, 9.17) is 16.3 Å². The van der Waals surface area contributed by atoms with E-state index < -0.39 is 23.4 Å². The molecule has 0 bridgehead atoms. The molecule has 0 fully saturated rings. The van der Waals surface area contributed by atoms with Crippen LogP contribution in [0.15, 0.2) is 53.4 Å². The van der Waals surface area contributed by atoms with Crippen LogP contribution in [0.2, 0.25) is 5.02 Å². The summed E-state index contributed by atoms with van der Waals surface area (Å²) in [6.45, 7) is -0.470.